The summed E-state index contributed by atoms with van der Waals surface area (Å²) in [5, 5.41) is 14.9. The number of nitrogens with one attached hydrogen (secondary N) is 3. The van der Waals surface area contributed by atoms with Gasteiger partial charge in [-0.25, -0.2) is 0 Å². The second-order valence-electron chi connectivity index (χ2n) is 4.55. The van der Waals surface area contributed by atoms with Crippen molar-refractivity contribution in [2.75, 3.05) is 52.4 Å². The Kier molecular flexibility index (Phi) is 58.3. The molecule has 0 unspecified atom stereocenters. The van der Waals surface area contributed by atoms with Crippen LogP contribution in [0.15, 0.2) is 0 Å². The summed E-state index contributed by atoms with van der Waals surface area (Å²) in [6, 6.07) is 0. The molecule has 0 amide bonds. The Morgan fingerprint density at radius 3 is 1.12 bits per heavy atom. The van der Waals surface area contributed by atoms with Crippen LogP contribution in [0.3, 0.4) is 0 Å². The first-order chi connectivity index (χ1) is 9.73. The molecule has 1 heterocycles. The minimum Gasteiger partial charge on any atom is -0.662 e. The average molecular weight is 447 g/mol. The zero-order chi connectivity index (χ0) is 14.9. The monoisotopic (exact) mass is 446 g/mol. The van der Waals surface area contributed by atoms with Gasteiger partial charge in [-0.15, -0.1) is 37.9 Å². The standard InChI is InChI=1S/C12H27N4.CF3.2CH3.2ClH.Ti/c1-5-13-7-2-9-15-11-4-12-16-10-3-8-14-6-1;2-1(3)4;;;;;/h13-15H,1-12H2;;2*1H3;2*1H;/q4*-1;;;+4. The SMILES string of the molecule is C1C[N-]CCCNCCCNCCCNC1.Cl.Cl.F[C-](F)F.[CH3-].[CH3-].[Ti+4]. The predicted molar refractivity (Wildman–Crippen MR) is 104 cm³/mol. The van der Waals surface area contributed by atoms with E-state index < -0.39 is 6.68 Å². The maximum absolute atomic E-state index is 9.58. The quantitative estimate of drug-likeness (QED) is 0.392. The van der Waals surface area contributed by atoms with Gasteiger partial charge in [-0.2, -0.15) is 0 Å². The van der Waals surface area contributed by atoms with Crippen molar-refractivity contribution in [1.82, 2.24) is 16.0 Å². The molecule has 0 saturated carbocycles. The Morgan fingerprint density at radius 1 is 0.600 bits per heavy atom. The third-order valence-electron chi connectivity index (χ3n) is 2.75. The molecule has 1 aliphatic rings. The van der Waals surface area contributed by atoms with E-state index in [1.54, 1.807) is 0 Å². The van der Waals surface area contributed by atoms with Crippen LogP contribution in [0, 0.1) is 21.5 Å². The van der Waals surface area contributed by atoms with Crippen LogP contribution in [0.5, 0.6) is 0 Å². The van der Waals surface area contributed by atoms with Crippen LogP contribution in [0.25, 0.3) is 5.32 Å². The summed E-state index contributed by atoms with van der Waals surface area (Å²) < 4.78 is 28.8. The van der Waals surface area contributed by atoms with Crippen molar-refractivity contribution >= 4 is 24.8 Å². The fourth-order valence-corrected chi connectivity index (χ4v) is 1.80. The van der Waals surface area contributed by atoms with Crippen molar-refractivity contribution in [3.63, 3.8) is 0 Å². The molecule has 0 radical (unpaired) electrons. The van der Waals surface area contributed by atoms with Gasteiger partial charge in [0, 0.05) is 0 Å². The van der Waals surface area contributed by atoms with Gasteiger partial charge in [0.1, 0.15) is 0 Å². The summed E-state index contributed by atoms with van der Waals surface area (Å²) in [5.74, 6) is 0. The van der Waals surface area contributed by atoms with Crippen molar-refractivity contribution in [2.45, 2.75) is 25.7 Å². The van der Waals surface area contributed by atoms with E-state index in [4.69, 9.17) is 0 Å². The molecule has 10 heteroatoms. The normalized spacial score (nSPS) is 16.8. The van der Waals surface area contributed by atoms with Crippen LogP contribution in [0.1, 0.15) is 25.7 Å². The van der Waals surface area contributed by atoms with Crippen molar-refractivity contribution in [2.24, 2.45) is 0 Å². The number of nitrogens with zero attached hydrogens (tertiary/aromatic N) is 1. The van der Waals surface area contributed by atoms with Crippen LogP contribution in [0.4, 0.5) is 13.2 Å². The molecule has 1 fully saturated rings. The molecular weight excluding hydrogens is 412 g/mol. The minimum atomic E-state index is -3.08. The molecule has 4 nitrogen and oxygen atoms in total. The number of hydrogen-bond donors (Lipinski definition) is 3. The second-order valence-corrected chi connectivity index (χ2v) is 4.55. The van der Waals surface area contributed by atoms with E-state index in [2.05, 4.69) is 21.3 Å². The van der Waals surface area contributed by atoms with Gasteiger partial charge in [-0.3, -0.25) is 0 Å². The van der Waals surface area contributed by atoms with Crippen molar-refractivity contribution in [3.8, 4) is 0 Å². The van der Waals surface area contributed by atoms with Crippen LogP contribution in [0.2, 0.25) is 0 Å². The zero-order valence-electron chi connectivity index (χ0n) is 15.4. The van der Waals surface area contributed by atoms with Crippen LogP contribution < -0.4 is 16.0 Å². The van der Waals surface area contributed by atoms with Crippen LogP contribution in [-0.4, -0.2) is 52.4 Å². The Hall–Kier alpha value is 0.924. The van der Waals surface area contributed by atoms with Crippen molar-refractivity contribution in [3.05, 3.63) is 26.8 Å². The first-order valence-electron chi connectivity index (χ1n) is 7.32. The van der Waals surface area contributed by atoms with Gasteiger partial charge in [-0.05, 0) is 52.1 Å². The number of hydrogen-bond acceptors (Lipinski definition) is 3. The average Bonchev–Trinajstić information content (AvgIpc) is 2.38. The van der Waals surface area contributed by atoms with Crippen LogP contribution in [-0.2, 0) is 21.7 Å². The maximum atomic E-state index is 9.58. The van der Waals surface area contributed by atoms with E-state index in [0.717, 1.165) is 52.4 Å². The molecule has 25 heavy (non-hydrogen) atoms. The molecule has 0 spiro atoms. The topological polar surface area (TPSA) is 50.2 Å². The summed E-state index contributed by atoms with van der Waals surface area (Å²) in [6.07, 6.45) is 4.82. The first kappa shape index (κ1) is 40.6. The van der Waals surface area contributed by atoms with Gasteiger partial charge in [0.05, 0.1) is 0 Å². The minimum absolute atomic E-state index is 0. The van der Waals surface area contributed by atoms with Crippen LogP contribution >= 0.6 is 24.8 Å². The Labute approximate surface area is 180 Å². The Balaban J connectivity index is -0.0000000912. The fraction of sp³-hybridized carbons (Fsp3) is 0.800. The molecule has 0 aromatic heterocycles. The van der Waals surface area contributed by atoms with E-state index in [0.29, 0.717) is 0 Å². The summed E-state index contributed by atoms with van der Waals surface area (Å²) in [7, 11) is 0. The predicted octanol–water partition coefficient (Wildman–Crippen LogP) is 3.79. The summed E-state index contributed by atoms with van der Waals surface area (Å²) in [4.78, 5) is 0. The molecule has 1 saturated heterocycles. The third kappa shape index (κ3) is 45.7. The van der Waals surface area contributed by atoms with Gasteiger partial charge in [0.15, 0.2) is 6.68 Å². The molecule has 0 bridgehead atoms. The molecule has 1 aliphatic heterocycles. The van der Waals surface area contributed by atoms with Gasteiger partial charge < -0.3 is 49.3 Å². The van der Waals surface area contributed by atoms with E-state index >= 15 is 0 Å². The third-order valence-corrected chi connectivity index (χ3v) is 2.75. The Morgan fingerprint density at radius 2 is 0.840 bits per heavy atom. The molecule has 3 N–H and O–H groups in total. The molecule has 0 atom stereocenters. The molecule has 154 valence electrons. The molecule has 0 aliphatic carbocycles. The van der Waals surface area contributed by atoms with E-state index in [-0.39, 0.29) is 61.4 Å². The summed E-state index contributed by atoms with van der Waals surface area (Å²) in [6.45, 7) is 5.71. The molecule has 0 aromatic rings. The summed E-state index contributed by atoms with van der Waals surface area (Å²) >= 11 is 0. The van der Waals surface area contributed by atoms with Crippen molar-refractivity contribution in [1.29, 1.82) is 0 Å². The Bertz CT molecular complexity index is 135. The first-order valence-corrected chi connectivity index (χ1v) is 7.32. The summed E-state index contributed by atoms with van der Waals surface area (Å²) in [5.41, 5.74) is 0. The molecule has 0 aromatic carbocycles. The van der Waals surface area contributed by atoms with E-state index in [1.807, 2.05) is 0 Å². The number of rotatable bonds is 0. The smallest absolute Gasteiger partial charge is 0.662 e. The van der Waals surface area contributed by atoms with E-state index in [1.165, 1.54) is 25.7 Å². The fourth-order valence-electron chi connectivity index (χ4n) is 1.80. The van der Waals surface area contributed by atoms with E-state index in [9.17, 15) is 13.2 Å². The molecular formula is C15H35Cl2F3N4Ti. The van der Waals surface area contributed by atoms with Gasteiger partial charge in [0.25, 0.3) is 0 Å². The zero-order valence-corrected chi connectivity index (χ0v) is 18.6. The largest absolute Gasteiger partial charge is 4.00 e. The van der Waals surface area contributed by atoms with Gasteiger partial charge in [0.2, 0.25) is 0 Å². The maximum Gasteiger partial charge on any atom is 4.00 e. The molecule has 1 rings (SSSR count). The van der Waals surface area contributed by atoms with Gasteiger partial charge >= 0.3 is 21.7 Å². The van der Waals surface area contributed by atoms with Gasteiger partial charge in [-0.1, -0.05) is 12.8 Å². The van der Waals surface area contributed by atoms with Crippen molar-refractivity contribution < 1.29 is 34.9 Å². The number of halogens is 5. The second kappa shape index (κ2) is 35.9.